The summed E-state index contributed by atoms with van der Waals surface area (Å²) in [5.41, 5.74) is 2.63. The highest BCUT2D eigenvalue weighted by molar-refractivity contribution is 5.96. The summed E-state index contributed by atoms with van der Waals surface area (Å²) >= 11 is 0. The van der Waals surface area contributed by atoms with Crippen molar-refractivity contribution in [2.45, 2.75) is 25.9 Å². The predicted molar refractivity (Wildman–Crippen MR) is 87.0 cm³/mol. The number of carbonyl (C=O) groups excluding carboxylic acids is 1. The van der Waals surface area contributed by atoms with Crippen LogP contribution in [-0.2, 0) is 12.8 Å². The maximum atomic E-state index is 12.8. The van der Waals surface area contributed by atoms with Gasteiger partial charge in [-0.2, -0.15) is 0 Å². The first-order valence-electron chi connectivity index (χ1n) is 7.99. The fourth-order valence-electron chi connectivity index (χ4n) is 3.13. The molecule has 0 saturated carbocycles. The molecule has 1 aromatic heterocycles. The Kier molecular flexibility index (Phi) is 4.67. The number of benzene rings is 1. The van der Waals surface area contributed by atoms with E-state index in [1.807, 2.05) is 31.2 Å². The van der Waals surface area contributed by atoms with Crippen molar-refractivity contribution in [1.82, 2.24) is 14.9 Å². The maximum Gasteiger partial charge on any atom is 0.254 e. The number of carbonyl (C=O) groups is 1. The quantitative estimate of drug-likeness (QED) is 0.933. The van der Waals surface area contributed by atoms with Gasteiger partial charge >= 0.3 is 0 Å². The van der Waals surface area contributed by atoms with Crippen molar-refractivity contribution in [1.29, 1.82) is 0 Å². The van der Waals surface area contributed by atoms with Crippen molar-refractivity contribution < 1.29 is 9.90 Å². The Balaban J connectivity index is 1.72. The van der Waals surface area contributed by atoms with Gasteiger partial charge in [-0.15, -0.1) is 0 Å². The summed E-state index contributed by atoms with van der Waals surface area (Å²) in [4.78, 5) is 22.8. The van der Waals surface area contributed by atoms with E-state index in [4.69, 9.17) is 0 Å². The van der Waals surface area contributed by atoms with Crippen molar-refractivity contribution >= 4 is 5.91 Å². The van der Waals surface area contributed by atoms with E-state index in [-0.39, 0.29) is 11.8 Å². The van der Waals surface area contributed by atoms with Crippen LogP contribution in [0.2, 0.25) is 0 Å². The van der Waals surface area contributed by atoms with Crippen LogP contribution in [0.15, 0.2) is 42.9 Å². The van der Waals surface area contributed by atoms with E-state index in [1.54, 1.807) is 23.5 Å². The number of hydrogen-bond acceptors (Lipinski definition) is 4. The summed E-state index contributed by atoms with van der Waals surface area (Å²) < 4.78 is 0. The van der Waals surface area contributed by atoms with Gasteiger partial charge in [-0.1, -0.05) is 25.1 Å². The second-order valence-electron chi connectivity index (χ2n) is 5.95. The third kappa shape index (κ3) is 3.40. The van der Waals surface area contributed by atoms with Gasteiger partial charge in [0.05, 0.1) is 11.8 Å². The Bertz CT molecular complexity index is 675. The van der Waals surface area contributed by atoms with Gasteiger partial charge in [0, 0.05) is 43.2 Å². The van der Waals surface area contributed by atoms with Crippen molar-refractivity contribution in [3.8, 4) is 0 Å². The minimum absolute atomic E-state index is 0.00291. The second-order valence-corrected chi connectivity index (χ2v) is 5.95. The highest BCUT2D eigenvalue weighted by Crippen LogP contribution is 2.23. The molecule has 1 amide bonds. The zero-order valence-corrected chi connectivity index (χ0v) is 13.2. The number of aromatic nitrogens is 2. The number of nitrogens with zero attached hydrogens (tertiary/aromatic N) is 3. The number of amides is 1. The molecule has 23 heavy (non-hydrogen) atoms. The number of β-amino-alcohol motifs (C(OH)–C–C–N with tert-alkyl or cyclic N) is 1. The van der Waals surface area contributed by atoms with Crippen molar-refractivity contribution in [3.63, 3.8) is 0 Å². The van der Waals surface area contributed by atoms with Crippen molar-refractivity contribution in [3.05, 3.63) is 59.7 Å². The van der Waals surface area contributed by atoms with Gasteiger partial charge in [0.25, 0.3) is 5.91 Å². The van der Waals surface area contributed by atoms with Crippen LogP contribution in [0.25, 0.3) is 0 Å². The number of aliphatic hydroxyl groups is 1. The first-order valence-corrected chi connectivity index (χ1v) is 7.99. The van der Waals surface area contributed by atoms with Crippen molar-refractivity contribution in [2.75, 3.05) is 13.1 Å². The fraction of sp³-hybridized carbons (Fsp3) is 0.389. The van der Waals surface area contributed by atoms with E-state index in [0.717, 1.165) is 23.2 Å². The largest absolute Gasteiger partial charge is 0.391 e. The monoisotopic (exact) mass is 311 g/mol. The van der Waals surface area contributed by atoms with Crippen LogP contribution < -0.4 is 0 Å². The molecule has 2 aromatic rings. The van der Waals surface area contributed by atoms with E-state index >= 15 is 0 Å². The Morgan fingerprint density at radius 3 is 2.87 bits per heavy atom. The lowest BCUT2D eigenvalue weighted by Gasteiger charge is -2.18. The molecule has 1 N–H and O–H groups in total. The van der Waals surface area contributed by atoms with Crippen LogP contribution in [0, 0.1) is 5.92 Å². The molecule has 1 aliphatic rings. The second kappa shape index (κ2) is 6.87. The molecule has 5 nitrogen and oxygen atoms in total. The summed E-state index contributed by atoms with van der Waals surface area (Å²) in [6, 6.07) is 7.68. The van der Waals surface area contributed by atoms with Gasteiger partial charge in [0.15, 0.2) is 0 Å². The third-order valence-electron chi connectivity index (χ3n) is 4.41. The molecule has 3 rings (SSSR count). The van der Waals surface area contributed by atoms with E-state index in [1.165, 1.54) is 0 Å². The van der Waals surface area contributed by atoms with Crippen LogP contribution >= 0.6 is 0 Å². The average molecular weight is 311 g/mol. The van der Waals surface area contributed by atoms with Crippen molar-refractivity contribution in [2.24, 2.45) is 5.92 Å². The standard InChI is InChI=1S/C18H21N3O2/c1-2-13-5-3-4-6-16(13)18(23)21-11-14(17(22)12-21)9-15-10-19-7-8-20-15/h3-8,10,14,17,22H,2,9,11-12H2,1H3/t14-,17-/m1/s1. The molecule has 2 atom stereocenters. The van der Waals surface area contributed by atoms with Gasteiger partial charge < -0.3 is 10.0 Å². The van der Waals surface area contributed by atoms with E-state index in [0.29, 0.717) is 19.5 Å². The summed E-state index contributed by atoms with van der Waals surface area (Å²) in [5.74, 6) is 0.00702. The lowest BCUT2D eigenvalue weighted by Crippen LogP contribution is -2.30. The van der Waals surface area contributed by atoms with Gasteiger partial charge in [0.1, 0.15) is 0 Å². The Hall–Kier alpha value is -2.27. The molecular formula is C18H21N3O2. The van der Waals surface area contributed by atoms with Crippen LogP contribution in [0.3, 0.4) is 0 Å². The molecule has 0 bridgehead atoms. The molecule has 5 heteroatoms. The number of aryl methyl sites for hydroxylation is 1. The molecule has 1 aliphatic heterocycles. The molecule has 1 fully saturated rings. The van der Waals surface area contributed by atoms with Gasteiger partial charge in [-0.25, -0.2) is 0 Å². The topological polar surface area (TPSA) is 66.3 Å². The van der Waals surface area contributed by atoms with Gasteiger partial charge in [0.2, 0.25) is 0 Å². The maximum absolute atomic E-state index is 12.8. The van der Waals surface area contributed by atoms with E-state index in [9.17, 15) is 9.90 Å². The molecular weight excluding hydrogens is 290 g/mol. The third-order valence-corrected chi connectivity index (χ3v) is 4.41. The van der Waals surface area contributed by atoms with Gasteiger partial charge in [-0.05, 0) is 24.5 Å². The number of rotatable bonds is 4. The first kappa shape index (κ1) is 15.6. The molecule has 0 unspecified atom stereocenters. The lowest BCUT2D eigenvalue weighted by atomic mass is 10.0. The molecule has 2 heterocycles. The van der Waals surface area contributed by atoms with Gasteiger partial charge in [-0.3, -0.25) is 14.8 Å². The summed E-state index contributed by atoms with van der Waals surface area (Å²) in [6.45, 7) is 2.97. The molecule has 1 saturated heterocycles. The zero-order valence-electron chi connectivity index (χ0n) is 13.2. The predicted octanol–water partition coefficient (Wildman–Crippen LogP) is 1.71. The van der Waals surface area contributed by atoms with Crippen LogP contribution in [-0.4, -0.2) is 45.1 Å². The summed E-state index contributed by atoms with van der Waals surface area (Å²) in [6.07, 6.45) is 5.93. The minimum Gasteiger partial charge on any atom is -0.391 e. The number of likely N-dealkylation sites (tertiary alicyclic amines) is 1. The molecule has 120 valence electrons. The Labute approximate surface area is 136 Å². The van der Waals surface area contributed by atoms with Crippen LogP contribution in [0.5, 0.6) is 0 Å². The highest BCUT2D eigenvalue weighted by Gasteiger charge is 2.35. The minimum atomic E-state index is -0.519. The summed E-state index contributed by atoms with van der Waals surface area (Å²) in [7, 11) is 0. The van der Waals surface area contributed by atoms with E-state index < -0.39 is 6.10 Å². The lowest BCUT2D eigenvalue weighted by molar-refractivity contribution is 0.0763. The molecule has 0 spiro atoms. The Morgan fingerprint density at radius 2 is 2.13 bits per heavy atom. The zero-order chi connectivity index (χ0) is 16.2. The Morgan fingerprint density at radius 1 is 1.30 bits per heavy atom. The molecule has 1 aromatic carbocycles. The smallest absolute Gasteiger partial charge is 0.254 e. The number of aliphatic hydroxyl groups excluding tert-OH is 1. The summed E-state index contributed by atoms with van der Waals surface area (Å²) in [5, 5.41) is 10.3. The van der Waals surface area contributed by atoms with Crippen LogP contribution in [0.1, 0.15) is 28.5 Å². The molecule has 0 radical (unpaired) electrons. The molecule has 0 aliphatic carbocycles. The number of hydrogen-bond donors (Lipinski definition) is 1. The first-order chi connectivity index (χ1) is 11.2. The average Bonchev–Trinajstić information content (AvgIpc) is 2.96. The SMILES string of the molecule is CCc1ccccc1C(=O)N1C[C@@H](Cc2cnccn2)[C@H](O)C1. The normalized spacial score (nSPS) is 20.7. The van der Waals surface area contributed by atoms with Crippen LogP contribution in [0.4, 0.5) is 0 Å². The fourth-order valence-corrected chi connectivity index (χ4v) is 3.13. The highest BCUT2D eigenvalue weighted by atomic mass is 16.3. The van der Waals surface area contributed by atoms with E-state index in [2.05, 4.69) is 9.97 Å².